The molecule has 1 unspecified atom stereocenters. The van der Waals surface area contributed by atoms with Crippen molar-refractivity contribution in [2.24, 2.45) is 0 Å². The topological polar surface area (TPSA) is 72.5 Å². The molecule has 0 spiro atoms. The third-order valence-electron chi connectivity index (χ3n) is 2.88. The molecule has 1 aromatic heterocycles. The molecule has 1 amide bonds. The van der Waals surface area contributed by atoms with E-state index in [4.69, 9.17) is 21.1 Å². The van der Waals surface area contributed by atoms with E-state index in [-0.39, 0.29) is 6.04 Å². The number of halogens is 1. The number of carbonyl (C=O) groups excluding carboxylic acids is 1. The van der Waals surface area contributed by atoms with Crippen LogP contribution in [0.15, 0.2) is 18.3 Å². The number of methoxy groups -OCH3 is 1. The van der Waals surface area contributed by atoms with Crippen LogP contribution in [0.4, 0.5) is 10.5 Å². The molecule has 0 saturated heterocycles. The fourth-order valence-corrected chi connectivity index (χ4v) is 2.14. The van der Waals surface area contributed by atoms with Crippen LogP contribution in [0.25, 0.3) is 0 Å². The zero-order valence-corrected chi connectivity index (χ0v) is 14.9. The van der Waals surface area contributed by atoms with Gasteiger partial charge in [0.2, 0.25) is 0 Å². The Kier molecular flexibility index (Phi) is 8.12. The monoisotopic (exact) mass is 343 g/mol. The number of nitrogens with zero attached hydrogens (tertiary/aromatic N) is 1. The first kappa shape index (κ1) is 19.5. The average Bonchev–Trinajstić information content (AvgIpc) is 2.44. The quantitative estimate of drug-likeness (QED) is 0.558. The zero-order chi connectivity index (χ0) is 17.3. The number of aromatic nitrogens is 1. The van der Waals surface area contributed by atoms with Crippen LogP contribution >= 0.6 is 11.6 Å². The first-order valence-electron chi connectivity index (χ1n) is 7.64. The molecule has 0 aliphatic rings. The Hall–Kier alpha value is -1.53. The van der Waals surface area contributed by atoms with Gasteiger partial charge in [0.05, 0.1) is 12.3 Å². The van der Waals surface area contributed by atoms with Gasteiger partial charge in [0.25, 0.3) is 0 Å². The summed E-state index contributed by atoms with van der Waals surface area (Å²) in [4.78, 5) is 15.6. The molecule has 6 nitrogen and oxygen atoms in total. The summed E-state index contributed by atoms with van der Waals surface area (Å²) in [5.41, 5.74) is 0.290. The molecule has 2 N–H and O–H groups in total. The highest BCUT2D eigenvalue weighted by Crippen LogP contribution is 2.19. The molecule has 7 heteroatoms. The van der Waals surface area contributed by atoms with Crippen molar-refractivity contribution in [1.82, 2.24) is 10.3 Å². The largest absolute Gasteiger partial charge is 0.444 e. The fraction of sp³-hybridized carbons (Fsp3) is 0.625. The molecule has 1 heterocycles. The molecule has 0 saturated carbocycles. The third kappa shape index (κ3) is 8.62. The molecule has 0 aliphatic carbocycles. The number of alkyl carbamates (subject to hydrolysis) is 1. The molecule has 0 fully saturated rings. The van der Waals surface area contributed by atoms with Gasteiger partial charge in [-0.05, 0) is 45.7 Å². The number of ether oxygens (including phenoxy) is 2. The molecule has 0 aromatic carbocycles. The van der Waals surface area contributed by atoms with Crippen LogP contribution in [0.2, 0.25) is 5.15 Å². The van der Waals surface area contributed by atoms with E-state index in [2.05, 4.69) is 15.6 Å². The summed E-state index contributed by atoms with van der Waals surface area (Å²) in [7, 11) is 1.65. The predicted octanol–water partition coefficient (Wildman–Crippen LogP) is 3.47. The average molecular weight is 344 g/mol. The maximum atomic E-state index is 11.6. The SMILES string of the molecule is COCC(CCCNC(=O)OC(C)(C)C)Nc1cccnc1Cl. The van der Waals surface area contributed by atoms with E-state index in [0.717, 1.165) is 18.5 Å². The highest BCUT2D eigenvalue weighted by molar-refractivity contribution is 6.31. The molecule has 1 aromatic rings. The minimum Gasteiger partial charge on any atom is -0.444 e. The molecule has 0 aliphatic heterocycles. The molecule has 0 bridgehead atoms. The van der Waals surface area contributed by atoms with Gasteiger partial charge in [0, 0.05) is 25.9 Å². The molecular formula is C16H26ClN3O3. The van der Waals surface area contributed by atoms with E-state index >= 15 is 0 Å². The van der Waals surface area contributed by atoms with Crippen LogP contribution in [-0.2, 0) is 9.47 Å². The smallest absolute Gasteiger partial charge is 0.407 e. The van der Waals surface area contributed by atoms with E-state index < -0.39 is 11.7 Å². The number of amides is 1. The molecule has 0 radical (unpaired) electrons. The minimum absolute atomic E-state index is 0.0853. The van der Waals surface area contributed by atoms with E-state index in [0.29, 0.717) is 18.3 Å². The van der Waals surface area contributed by atoms with Gasteiger partial charge in [-0.2, -0.15) is 0 Å². The van der Waals surface area contributed by atoms with E-state index in [9.17, 15) is 4.79 Å². The number of hydrogen-bond donors (Lipinski definition) is 2. The normalized spacial score (nSPS) is 12.6. The van der Waals surface area contributed by atoms with Crippen molar-refractivity contribution in [1.29, 1.82) is 0 Å². The van der Waals surface area contributed by atoms with Crippen molar-refractivity contribution in [3.05, 3.63) is 23.5 Å². The Morgan fingerprint density at radius 1 is 1.43 bits per heavy atom. The van der Waals surface area contributed by atoms with Gasteiger partial charge in [-0.1, -0.05) is 11.6 Å². The summed E-state index contributed by atoms with van der Waals surface area (Å²) >= 11 is 6.04. The van der Waals surface area contributed by atoms with E-state index in [1.54, 1.807) is 13.3 Å². The van der Waals surface area contributed by atoms with Crippen LogP contribution < -0.4 is 10.6 Å². The van der Waals surface area contributed by atoms with Gasteiger partial charge in [-0.3, -0.25) is 0 Å². The standard InChI is InChI=1S/C16H26ClN3O3/c1-16(2,3)23-15(21)19-10-5-7-12(11-22-4)20-13-8-6-9-18-14(13)17/h6,8-9,12,20H,5,7,10-11H2,1-4H3,(H,19,21). The predicted molar refractivity (Wildman–Crippen MR) is 92.0 cm³/mol. The van der Waals surface area contributed by atoms with Crippen molar-refractivity contribution in [2.75, 3.05) is 25.6 Å². The van der Waals surface area contributed by atoms with Gasteiger partial charge in [0.15, 0.2) is 5.15 Å². The highest BCUT2D eigenvalue weighted by Gasteiger charge is 2.16. The molecule has 23 heavy (non-hydrogen) atoms. The van der Waals surface area contributed by atoms with Crippen LogP contribution in [0.1, 0.15) is 33.6 Å². The maximum Gasteiger partial charge on any atom is 0.407 e. The van der Waals surface area contributed by atoms with Gasteiger partial charge < -0.3 is 20.1 Å². The Labute approximate surface area is 142 Å². The second-order valence-electron chi connectivity index (χ2n) is 6.21. The van der Waals surface area contributed by atoms with Gasteiger partial charge in [0.1, 0.15) is 5.60 Å². The van der Waals surface area contributed by atoms with Crippen LogP contribution in [0, 0.1) is 0 Å². The summed E-state index contributed by atoms with van der Waals surface area (Å²) in [6, 6.07) is 3.78. The lowest BCUT2D eigenvalue weighted by Crippen LogP contribution is -2.34. The lowest BCUT2D eigenvalue weighted by Gasteiger charge is -2.21. The second-order valence-corrected chi connectivity index (χ2v) is 6.57. The van der Waals surface area contributed by atoms with Crippen molar-refractivity contribution in [3.63, 3.8) is 0 Å². The van der Waals surface area contributed by atoms with Crippen LogP contribution in [-0.4, -0.2) is 43.0 Å². The highest BCUT2D eigenvalue weighted by atomic mass is 35.5. The summed E-state index contributed by atoms with van der Waals surface area (Å²) in [6.45, 7) is 6.59. The zero-order valence-electron chi connectivity index (χ0n) is 14.2. The number of nitrogens with one attached hydrogen (secondary N) is 2. The number of pyridine rings is 1. The van der Waals surface area contributed by atoms with Crippen LogP contribution in [0.5, 0.6) is 0 Å². The number of anilines is 1. The number of rotatable bonds is 8. The number of carbonyl (C=O) groups is 1. The Balaban J connectivity index is 2.36. The Morgan fingerprint density at radius 3 is 2.78 bits per heavy atom. The van der Waals surface area contributed by atoms with E-state index in [1.165, 1.54) is 0 Å². The van der Waals surface area contributed by atoms with E-state index in [1.807, 2.05) is 32.9 Å². The first-order chi connectivity index (χ1) is 10.8. The molecular weight excluding hydrogens is 318 g/mol. The fourth-order valence-electron chi connectivity index (χ4n) is 1.97. The summed E-state index contributed by atoms with van der Waals surface area (Å²) < 4.78 is 10.4. The van der Waals surface area contributed by atoms with Crippen molar-refractivity contribution >= 4 is 23.4 Å². The second kappa shape index (κ2) is 9.57. The van der Waals surface area contributed by atoms with Gasteiger partial charge in [-0.15, -0.1) is 0 Å². The Morgan fingerprint density at radius 2 is 2.17 bits per heavy atom. The summed E-state index contributed by atoms with van der Waals surface area (Å²) in [5.74, 6) is 0. The Bertz CT molecular complexity index is 492. The molecule has 1 rings (SSSR count). The molecule has 130 valence electrons. The first-order valence-corrected chi connectivity index (χ1v) is 8.02. The van der Waals surface area contributed by atoms with Crippen molar-refractivity contribution < 1.29 is 14.3 Å². The minimum atomic E-state index is -0.485. The van der Waals surface area contributed by atoms with Crippen molar-refractivity contribution in [2.45, 2.75) is 45.3 Å². The lowest BCUT2D eigenvalue weighted by atomic mass is 10.1. The maximum absolute atomic E-state index is 11.6. The van der Waals surface area contributed by atoms with Crippen LogP contribution in [0.3, 0.4) is 0 Å². The number of hydrogen-bond acceptors (Lipinski definition) is 5. The third-order valence-corrected chi connectivity index (χ3v) is 3.19. The van der Waals surface area contributed by atoms with Gasteiger partial charge in [-0.25, -0.2) is 9.78 Å². The summed E-state index contributed by atoms with van der Waals surface area (Å²) in [5, 5.41) is 6.49. The summed E-state index contributed by atoms with van der Waals surface area (Å²) in [6.07, 6.45) is 2.85. The van der Waals surface area contributed by atoms with Gasteiger partial charge >= 0.3 is 6.09 Å². The lowest BCUT2D eigenvalue weighted by molar-refractivity contribution is 0.0526. The molecule has 1 atom stereocenters. The van der Waals surface area contributed by atoms with Crippen molar-refractivity contribution in [3.8, 4) is 0 Å².